The van der Waals surface area contributed by atoms with Crippen molar-refractivity contribution in [3.8, 4) is 11.5 Å². The summed E-state index contributed by atoms with van der Waals surface area (Å²) in [6.45, 7) is 0.917. The summed E-state index contributed by atoms with van der Waals surface area (Å²) < 4.78 is 15.5. The second-order valence-electron chi connectivity index (χ2n) is 4.93. The number of ether oxygens (including phenoxy) is 3. The van der Waals surface area contributed by atoms with Gasteiger partial charge in [-0.2, -0.15) is 0 Å². The largest absolute Gasteiger partial charge is 0.508 e. The summed E-state index contributed by atoms with van der Waals surface area (Å²) in [4.78, 5) is 10.8. The molecule has 22 heavy (non-hydrogen) atoms. The Morgan fingerprint density at radius 3 is 2.36 bits per heavy atom. The predicted molar refractivity (Wildman–Crippen MR) is 72.0 cm³/mol. The number of carbonyl (C=O) groups is 1. The third kappa shape index (κ3) is 3.86. The number of aliphatic hydroxyl groups is 3. The first-order chi connectivity index (χ1) is 10.4. The molecular weight excluding hydrogens is 296 g/mol. The van der Waals surface area contributed by atoms with Crippen molar-refractivity contribution < 1.29 is 39.4 Å². The van der Waals surface area contributed by atoms with Crippen LogP contribution >= 0.6 is 0 Å². The monoisotopic (exact) mass is 314 g/mol. The Morgan fingerprint density at radius 1 is 1.14 bits per heavy atom. The molecule has 1 aliphatic rings. The molecule has 1 aliphatic heterocycles. The van der Waals surface area contributed by atoms with Gasteiger partial charge in [0.2, 0.25) is 6.29 Å². The Bertz CT molecular complexity index is 502. The van der Waals surface area contributed by atoms with E-state index in [1.165, 1.54) is 31.2 Å². The maximum Gasteiger partial charge on any atom is 0.302 e. The number of aromatic hydroxyl groups is 1. The fraction of sp³-hybridized carbons (Fsp3) is 0.500. The second kappa shape index (κ2) is 6.93. The summed E-state index contributed by atoms with van der Waals surface area (Å²) in [7, 11) is 0. The molecule has 0 amide bonds. The maximum atomic E-state index is 10.8. The topological polar surface area (TPSA) is 126 Å². The van der Waals surface area contributed by atoms with E-state index in [0.29, 0.717) is 0 Å². The molecule has 122 valence electrons. The Hall–Kier alpha value is -1.87. The van der Waals surface area contributed by atoms with Crippen LogP contribution in [0.5, 0.6) is 11.5 Å². The summed E-state index contributed by atoms with van der Waals surface area (Å²) in [6.07, 6.45) is -6.73. The minimum absolute atomic E-state index is 0.0423. The molecule has 1 saturated heterocycles. The summed E-state index contributed by atoms with van der Waals surface area (Å²) in [6, 6.07) is 5.66. The standard InChI is InChI=1S/C14H18O8/c1-7(15)20-6-10-11(17)12(18)13(19)14(22-10)21-9-4-2-8(16)3-5-9/h2-5,10-14,16-19H,6H2,1H3/t10-,11-,12-,13-,14-/m1/s1. The molecule has 1 fully saturated rings. The molecule has 5 atom stereocenters. The molecule has 0 bridgehead atoms. The van der Waals surface area contributed by atoms with Gasteiger partial charge in [0.25, 0.3) is 0 Å². The van der Waals surface area contributed by atoms with Gasteiger partial charge >= 0.3 is 5.97 Å². The van der Waals surface area contributed by atoms with E-state index in [1.54, 1.807) is 0 Å². The highest BCUT2D eigenvalue weighted by molar-refractivity contribution is 5.65. The van der Waals surface area contributed by atoms with Crippen LogP contribution in [-0.2, 0) is 14.3 Å². The van der Waals surface area contributed by atoms with Crippen LogP contribution in [0.3, 0.4) is 0 Å². The molecule has 4 N–H and O–H groups in total. The summed E-state index contributed by atoms with van der Waals surface area (Å²) in [5, 5.41) is 38.8. The molecule has 0 spiro atoms. The Morgan fingerprint density at radius 2 is 1.77 bits per heavy atom. The van der Waals surface area contributed by atoms with Gasteiger partial charge in [0, 0.05) is 6.92 Å². The Balaban J connectivity index is 2.05. The number of carbonyl (C=O) groups excluding carboxylic acids is 1. The van der Waals surface area contributed by atoms with E-state index in [4.69, 9.17) is 14.2 Å². The average molecular weight is 314 g/mol. The minimum atomic E-state index is -1.52. The van der Waals surface area contributed by atoms with Crippen LogP contribution in [0.4, 0.5) is 0 Å². The van der Waals surface area contributed by atoms with E-state index in [0.717, 1.165) is 0 Å². The van der Waals surface area contributed by atoms with Gasteiger partial charge in [0.15, 0.2) is 0 Å². The number of rotatable bonds is 4. The van der Waals surface area contributed by atoms with E-state index in [9.17, 15) is 25.2 Å². The average Bonchev–Trinajstić information content (AvgIpc) is 2.48. The van der Waals surface area contributed by atoms with Gasteiger partial charge in [-0.15, -0.1) is 0 Å². The summed E-state index contributed by atoms with van der Waals surface area (Å²) in [5.41, 5.74) is 0. The number of phenols is 1. The molecule has 0 aromatic heterocycles. The number of esters is 1. The molecule has 0 unspecified atom stereocenters. The molecule has 0 aliphatic carbocycles. The maximum absolute atomic E-state index is 10.8. The third-order valence-corrected chi connectivity index (χ3v) is 3.21. The summed E-state index contributed by atoms with van der Waals surface area (Å²) >= 11 is 0. The predicted octanol–water partition coefficient (Wildman–Crippen LogP) is -0.858. The highest BCUT2D eigenvalue weighted by atomic mass is 16.7. The van der Waals surface area contributed by atoms with E-state index >= 15 is 0 Å². The first-order valence-corrected chi connectivity index (χ1v) is 6.67. The second-order valence-corrected chi connectivity index (χ2v) is 4.93. The van der Waals surface area contributed by atoms with Gasteiger partial charge in [0.05, 0.1) is 0 Å². The van der Waals surface area contributed by atoms with Crippen molar-refractivity contribution in [2.24, 2.45) is 0 Å². The van der Waals surface area contributed by atoms with Crippen LogP contribution in [0.15, 0.2) is 24.3 Å². The highest BCUT2D eigenvalue weighted by Crippen LogP contribution is 2.25. The molecule has 1 aromatic carbocycles. The minimum Gasteiger partial charge on any atom is -0.508 e. The van der Waals surface area contributed by atoms with E-state index in [1.807, 2.05) is 0 Å². The molecule has 0 saturated carbocycles. The third-order valence-electron chi connectivity index (χ3n) is 3.21. The van der Waals surface area contributed by atoms with Crippen LogP contribution in [0.25, 0.3) is 0 Å². The van der Waals surface area contributed by atoms with Gasteiger partial charge in [-0.3, -0.25) is 4.79 Å². The van der Waals surface area contributed by atoms with E-state index < -0.39 is 36.7 Å². The van der Waals surface area contributed by atoms with Crippen LogP contribution < -0.4 is 4.74 Å². The number of aliphatic hydroxyl groups excluding tert-OH is 3. The lowest BCUT2D eigenvalue weighted by Gasteiger charge is -2.39. The highest BCUT2D eigenvalue weighted by Gasteiger charge is 2.45. The quantitative estimate of drug-likeness (QED) is 0.529. The zero-order valence-corrected chi connectivity index (χ0v) is 11.8. The molecular formula is C14H18O8. The lowest BCUT2D eigenvalue weighted by atomic mass is 9.99. The first kappa shape index (κ1) is 16.5. The Kier molecular flexibility index (Phi) is 5.19. The van der Waals surface area contributed by atoms with Gasteiger partial charge in [-0.05, 0) is 24.3 Å². The lowest BCUT2D eigenvalue weighted by molar-refractivity contribution is -0.278. The lowest BCUT2D eigenvalue weighted by Crippen LogP contribution is -2.60. The molecule has 1 heterocycles. The van der Waals surface area contributed by atoms with Crippen molar-refractivity contribution in [2.45, 2.75) is 37.6 Å². The van der Waals surface area contributed by atoms with Crippen molar-refractivity contribution >= 4 is 5.97 Å². The normalized spacial score (nSPS) is 31.5. The van der Waals surface area contributed by atoms with Crippen LogP contribution in [0, 0.1) is 0 Å². The van der Waals surface area contributed by atoms with Crippen LogP contribution in [0.2, 0.25) is 0 Å². The van der Waals surface area contributed by atoms with Gasteiger partial charge in [0.1, 0.15) is 42.5 Å². The van der Waals surface area contributed by atoms with Crippen molar-refractivity contribution in [1.82, 2.24) is 0 Å². The molecule has 8 heteroatoms. The van der Waals surface area contributed by atoms with Crippen molar-refractivity contribution in [3.63, 3.8) is 0 Å². The van der Waals surface area contributed by atoms with Crippen LogP contribution in [0.1, 0.15) is 6.92 Å². The van der Waals surface area contributed by atoms with E-state index in [2.05, 4.69) is 0 Å². The SMILES string of the molecule is CC(=O)OC[C@H]1O[C@@H](Oc2ccc(O)cc2)[C@H](O)[C@H](O)[C@@H]1O. The zero-order chi connectivity index (χ0) is 16.3. The number of phenolic OH excluding ortho intramolecular Hbond substituents is 1. The van der Waals surface area contributed by atoms with Crippen molar-refractivity contribution in [1.29, 1.82) is 0 Å². The fourth-order valence-corrected chi connectivity index (χ4v) is 2.01. The number of hydrogen-bond donors (Lipinski definition) is 4. The first-order valence-electron chi connectivity index (χ1n) is 6.67. The van der Waals surface area contributed by atoms with Crippen molar-refractivity contribution in [3.05, 3.63) is 24.3 Å². The van der Waals surface area contributed by atoms with Crippen LogP contribution in [-0.4, -0.2) is 63.7 Å². The molecule has 8 nitrogen and oxygen atoms in total. The van der Waals surface area contributed by atoms with Crippen molar-refractivity contribution in [2.75, 3.05) is 6.61 Å². The number of hydrogen-bond acceptors (Lipinski definition) is 8. The smallest absolute Gasteiger partial charge is 0.302 e. The van der Waals surface area contributed by atoms with E-state index in [-0.39, 0.29) is 18.1 Å². The molecule has 0 radical (unpaired) electrons. The fourth-order valence-electron chi connectivity index (χ4n) is 2.01. The van der Waals surface area contributed by atoms with Gasteiger partial charge in [-0.25, -0.2) is 0 Å². The Labute approximate surface area is 126 Å². The summed E-state index contributed by atoms with van der Waals surface area (Å²) in [5.74, 6) is -0.232. The number of benzene rings is 1. The van der Waals surface area contributed by atoms with Gasteiger partial charge in [-0.1, -0.05) is 0 Å². The molecule has 1 aromatic rings. The zero-order valence-electron chi connectivity index (χ0n) is 11.8. The van der Waals surface area contributed by atoms with Gasteiger partial charge < -0.3 is 34.6 Å². The molecule has 2 rings (SSSR count).